The Labute approximate surface area is 138 Å². The molecule has 1 N–H and O–H groups in total. The number of nitrogens with one attached hydrogen (secondary N) is 1. The quantitative estimate of drug-likeness (QED) is 0.588. The van der Waals surface area contributed by atoms with E-state index in [-0.39, 0.29) is 5.56 Å². The zero-order chi connectivity index (χ0) is 16.5. The number of fused-ring (bicyclic) bond motifs is 2. The van der Waals surface area contributed by atoms with Gasteiger partial charge in [-0.1, -0.05) is 54.6 Å². The Hall–Kier alpha value is -3.40. The Morgan fingerprint density at radius 1 is 0.792 bits per heavy atom. The number of carboxylic acids is 1. The molecule has 0 fully saturated rings. The summed E-state index contributed by atoms with van der Waals surface area (Å²) in [4.78, 5) is 16.0. The maximum atomic E-state index is 11.4. The van der Waals surface area contributed by atoms with Crippen LogP contribution in [0.3, 0.4) is 0 Å². The van der Waals surface area contributed by atoms with Crippen LogP contribution in [0.2, 0.25) is 0 Å². The van der Waals surface area contributed by atoms with Crippen molar-refractivity contribution in [2.45, 2.75) is 0 Å². The lowest BCUT2D eigenvalue weighted by molar-refractivity contribution is -0.254. The summed E-state index contributed by atoms with van der Waals surface area (Å²) in [6, 6.07) is 22.3. The van der Waals surface area contributed by atoms with Crippen LogP contribution in [-0.2, 0) is 0 Å². The summed E-state index contributed by atoms with van der Waals surface area (Å²) in [6.07, 6.45) is 0. The average molecular weight is 313 g/mol. The number of para-hydroxylation sites is 3. The Balaban J connectivity index is 2.00. The van der Waals surface area contributed by atoms with Crippen molar-refractivity contribution in [2.24, 2.45) is 0 Å². The summed E-state index contributed by atoms with van der Waals surface area (Å²) in [5.74, 6) is -1.21. The smallest absolute Gasteiger partial charge is 0.0736 e. The molecule has 0 saturated carbocycles. The molecule has 0 saturated heterocycles. The van der Waals surface area contributed by atoms with Gasteiger partial charge in [0.25, 0.3) is 0 Å². The third-order valence-corrected chi connectivity index (χ3v) is 3.99. The molecule has 1 heterocycles. The number of carboxylic acid groups (broad SMARTS) is 1. The molecule has 0 aliphatic rings. The molecule has 4 nitrogen and oxygen atoms in total. The molecule has 0 spiro atoms. The van der Waals surface area contributed by atoms with E-state index >= 15 is 0 Å². The van der Waals surface area contributed by atoms with E-state index in [2.05, 4.69) is 10.3 Å². The summed E-state index contributed by atoms with van der Waals surface area (Å²) in [6.45, 7) is 0. The topological polar surface area (TPSA) is 65.0 Å². The van der Waals surface area contributed by atoms with Gasteiger partial charge >= 0.3 is 0 Å². The van der Waals surface area contributed by atoms with Gasteiger partial charge in [-0.3, -0.25) is 0 Å². The van der Waals surface area contributed by atoms with E-state index in [9.17, 15) is 9.90 Å². The summed E-state index contributed by atoms with van der Waals surface area (Å²) >= 11 is 0. The summed E-state index contributed by atoms with van der Waals surface area (Å²) in [5, 5.41) is 16.5. The lowest BCUT2D eigenvalue weighted by Crippen LogP contribution is -2.23. The van der Waals surface area contributed by atoms with Gasteiger partial charge in [-0.05, 0) is 18.2 Å². The van der Waals surface area contributed by atoms with Gasteiger partial charge in [0.05, 0.1) is 22.7 Å². The number of hydrogen-bond donors (Lipinski definition) is 1. The van der Waals surface area contributed by atoms with Crippen LogP contribution in [0.1, 0.15) is 10.4 Å². The summed E-state index contributed by atoms with van der Waals surface area (Å²) < 4.78 is 0. The Bertz CT molecular complexity index is 1020. The predicted octanol–water partition coefficient (Wildman–Crippen LogP) is 3.50. The number of aromatic nitrogens is 1. The van der Waals surface area contributed by atoms with Gasteiger partial charge in [0, 0.05) is 22.0 Å². The number of aromatic carboxylic acids is 1. The molecule has 0 bridgehead atoms. The van der Waals surface area contributed by atoms with E-state index in [1.165, 1.54) is 6.07 Å². The van der Waals surface area contributed by atoms with Crippen molar-refractivity contribution in [3.8, 4) is 0 Å². The number of hydrogen-bond acceptors (Lipinski definition) is 4. The van der Waals surface area contributed by atoms with Gasteiger partial charge in [0.15, 0.2) is 0 Å². The second kappa shape index (κ2) is 5.66. The molecule has 3 aromatic carbocycles. The standard InChI is InChI=1S/C20H14N2O2/c23-20(24)15-9-3-6-12-18(15)22-19-13-7-1-4-10-16(13)21-17-11-5-2-8-14(17)19/h1-12H,(H,21,22)(H,23,24)/p-1. The highest BCUT2D eigenvalue weighted by atomic mass is 16.4. The molecule has 0 aliphatic heterocycles. The lowest BCUT2D eigenvalue weighted by atomic mass is 10.1. The van der Waals surface area contributed by atoms with Crippen molar-refractivity contribution in [1.29, 1.82) is 0 Å². The molecule has 1 aromatic heterocycles. The number of carbonyl (C=O) groups is 1. The molecule has 0 unspecified atom stereocenters. The highest BCUT2D eigenvalue weighted by Crippen LogP contribution is 2.33. The van der Waals surface area contributed by atoms with E-state index < -0.39 is 5.97 Å². The molecule has 4 rings (SSSR count). The van der Waals surface area contributed by atoms with Crippen LogP contribution >= 0.6 is 0 Å². The van der Waals surface area contributed by atoms with Crippen LogP contribution in [0.4, 0.5) is 11.4 Å². The first kappa shape index (κ1) is 14.2. The number of nitrogens with zero attached hydrogens (tertiary/aromatic N) is 1. The first-order valence-corrected chi connectivity index (χ1v) is 7.59. The van der Waals surface area contributed by atoms with Crippen molar-refractivity contribution < 1.29 is 9.90 Å². The maximum Gasteiger partial charge on any atom is 0.0736 e. The molecule has 116 valence electrons. The van der Waals surface area contributed by atoms with E-state index in [0.717, 1.165) is 27.5 Å². The zero-order valence-electron chi connectivity index (χ0n) is 12.7. The molecule has 0 atom stereocenters. The molecule has 4 aromatic rings. The van der Waals surface area contributed by atoms with Gasteiger partial charge in [0.1, 0.15) is 0 Å². The number of anilines is 2. The average Bonchev–Trinajstić information content (AvgIpc) is 2.62. The fourth-order valence-electron chi connectivity index (χ4n) is 2.88. The van der Waals surface area contributed by atoms with Crippen molar-refractivity contribution in [1.82, 2.24) is 4.98 Å². The largest absolute Gasteiger partial charge is 0.545 e. The van der Waals surface area contributed by atoms with Gasteiger partial charge in [0.2, 0.25) is 0 Å². The Morgan fingerprint density at radius 2 is 1.33 bits per heavy atom. The van der Waals surface area contributed by atoms with Crippen molar-refractivity contribution in [2.75, 3.05) is 5.32 Å². The van der Waals surface area contributed by atoms with E-state index in [4.69, 9.17) is 0 Å². The third kappa shape index (κ3) is 2.34. The Morgan fingerprint density at radius 3 is 1.96 bits per heavy atom. The second-order valence-corrected chi connectivity index (χ2v) is 5.48. The van der Waals surface area contributed by atoms with Crippen LogP contribution in [0.25, 0.3) is 21.8 Å². The molecule has 0 amide bonds. The number of pyridine rings is 1. The normalized spacial score (nSPS) is 10.8. The highest BCUT2D eigenvalue weighted by molar-refractivity contribution is 6.09. The molecule has 24 heavy (non-hydrogen) atoms. The minimum Gasteiger partial charge on any atom is -0.545 e. The van der Waals surface area contributed by atoms with Gasteiger partial charge < -0.3 is 15.2 Å². The minimum absolute atomic E-state index is 0.127. The molecule has 4 heteroatoms. The SMILES string of the molecule is O=C([O-])c1ccccc1Nc1c2ccccc2nc2ccccc12. The van der Waals surface area contributed by atoms with Gasteiger partial charge in [-0.15, -0.1) is 0 Å². The van der Waals surface area contributed by atoms with E-state index in [1.807, 2.05) is 48.5 Å². The van der Waals surface area contributed by atoms with Crippen molar-refractivity contribution >= 4 is 39.1 Å². The van der Waals surface area contributed by atoms with Gasteiger partial charge in [-0.25, -0.2) is 4.98 Å². The Kier molecular flexibility index (Phi) is 3.35. The minimum atomic E-state index is -1.21. The van der Waals surface area contributed by atoms with Crippen LogP contribution in [-0.4, -0.2) is 11.0 Å². The van der Waals surface area contributed by atoms with Crippen LogP contribution in [0, 0.1) is 0 Å². The molecule has 0 radical (unpaired) electrons. The lowest BCUT2D eigenvalue weighted by Gasteiger charge is -2.16. The number of rotatable bonds is 3. The van der Waals surface area contributed by atoms with E-state index in [1.54, 1.807) is 18.2 Å². The van der Waals surface area contributed by atoms with E-state index in [0.29, 0.717) is 5.69 Å². The predicted molar refractivity (Wildman–Crippen MR) is 93.3 cm³/mol. The highest BCUT2D eigenvalue weighted by Gasteiger charge is 2.10. The van der Waals surface area contributed by atoms with Crippen LogP contribution in [0.5, 0.6) is 0 Å². The molecular weight excluding hydrogens is 300 g/mol. The second-order valence-electron chi connectivity index (χ2n) is 5.48. The number of carbonyl (C=O) groups excluding carboxylic acids is 1. The first-order valence-electron chi connectivity index (χ1n) is 7.59. The third-order valence-electron chi connectivity index (χ3n) is 3.99. The fraction of sp³-hybridized carbons (Fsp3) is 0. The van der Waals surface area contributed by atoms with Crippen molar-refractivity contribution in [3.63, 3.8) is 0 Å². The number of benzene rings is 3. The van der Waals surface area contributed by atoms with Crippen molar-refractivity contribution in [3.05, 3.63) is 78.4 Å². The van der Waals surface area contributed by atoms with Gasteiger partial charge in [-0.2, -0.15) is 0 Å². The van der Waals surface area contributed by atoms with Crippen LogP contribution < -0.4 is 10.4 Å². The first-order chi connectivity index (χ1) is 11.7. The van der Waals surface area contributed by atoms with Crippen LogP contribution in [0.15, 0.2) is 72.8 Å². The summed E-state index contributed by atoms with van der Waals surface area (Å²) in [7, 11) is 0. The summed E-state index contributed by atoms with van der Waals surface area (Å²) in [5.41, 5.74) is 3.17. The molecule has 0 aliphatic carbocycles. The zero-order valence-corrected chi connectivity index (χ0v) is 12.7. The fourth-order valence-corrected chi connectivity index (χ4v) is 2.88. The monoisotopic (exact) mass is 313 g/mol. The maximum absolute atomic E-state index is 11.4. The molecular formula is C20H13N2O2-.